The highest BCUT2D eigenvalue weighted by Crippen LogP contribution is 2.64. The van der Waals surface area contributed by atoms with E-state index in [2.05, 4.69) is 5.32 Å². The lowest BCUT2D eigenvalue weighted by atomic mass is 9.49. The molecule has 7 heteroatoms. The normalized spacial score (nSPS) is 35.1. The lowest BCUT2D eigenvalue weighted by molar-refractivity contribution is -0.171. The molecule has 27 heavy (non-hydrogen) atoms. The molecule has 0 spiro atoms. The molecule has 1 heterocycles. The average molecular weight is 392 g/mol. The fourth-order valence-electron chi connectivity index (χ4n) is 5.85. The SMILES string of the molecule is O=C(COC(=O)C12C[C@@H]3C[C@@H](CC(Cl)(C3)C1)C2)Nc1ccc2c(c1)OCO2. The number of carbonyl (C=O) groups is 2. The molecule has 0 saturated heterocycles. The first-order valence-electron chi connectivity index (χ1n) is 9.49. The highest BCUT2D eigenvalue weighted by Gasteiger charge is 2.60. The number of anilines is 1. The first kappa shape index (κ1) is 17.2. The summed E-state index contributed by atoms with van der Waals surface area (Å²) in [6, 6.07) is 5.15. The minimum atomic E-state index is -0.495. The van der Waals surface area contributed by atoms with Crippen LogP contribution >= 0.6 is 11.6 Å². The molecule has 4 saturated carbocycles. The fourth-order valence-corrected chi connectivity index (χ4v) is 6.54. The summed E-state index contributed by atoms with van der Waals surface area (Å²) in [6.45, 7) is -0.115. The van der Waals surface area contributed by atoms with Crippen molar-refractivity contribution in [3.05, 3.63) is 18.2 Å². The summed E-state index contributed by atoms with van der Waals surface area (Å²) in [6.07, 6.45) is 5.56. The minimum Gasteiger partial charge on any atom is -0.455 e. The number of hydrogen-bond acceptors (Lipinski definition) is 5. The fraction of sp³-hybridized carbons (Fsp3) is 0.600. The maximum Gasteiger partial charge on any atom is 0.312 e. The number of fused-ring (bicyclic) bond motifs is 1. The van der Waals surface area contributed by atoms with Gasteiger partial charge in [-0.15, -0.1) is 11.6 Å². The standard InChI is InChI=1S/C20H22ClNO5/c21-20-7-12-3-13(8-20)6-19(5-12,10-20)18(24)25-9-17(23)22-14-1-2-15-16(4-14)27-11-26-15/h1-2,4,12-13H,3,5-11H2,(H,22,23)/t12-,13+,19?,20?. The molecule has 4 bridgehead atoms. The van der Waals surface area contributed by atoms with Crippen LogP contribution in [0.15, 0.2) is 18.2 Å². The largest absolute Gasteiger partial charge is 0.455 e. The highest BCUT2D eigenvalue weighted by atomic mass is 35.5. The van der Waals surface area contributed by atoms with Gasteiger partial charge in [0.2, 0.25) is 6.79 Å². The van der Waals surface area contributed by atoms with Crippen molar-refractivity contribution in [2.24, 2.45) is 17.3 Å². The molecule has 0 aromatic heterocycles. The van der Waals surface area contributed by atoms with Crippen LogP contribution < -0.4 is 14.8 Å². The monoisotopic (exact) mass is 391 g/mol. The van der Waals surface area contributed by atoms with E-state index in [0.29, 0.717) is 35.4 Å². The number of esters is 1. The van der Waals surface area contributed by atoms with Crippen LogP contribution in [0.1, 0.15) is 38.5 Å². The highest BCUT2D eigenvalue weighted by molar-refractivity contribution is 6.24. The molecule has 6 rings (SSSR count). The van der Waals surface area contributed by atoms with Crippen molar-refractivity contribution in [3.63, 3.8) is 0 Å². The quantitative estimate of drug-likeness (QED) is 0.628. The predicted molar refractivity (Wildman–Crippen MR) is 97.9 cm³/mol. The zero-order chi connectivity index (χ0) is 18.6. The van der Waals surface area contributed by atoms with Gasteiger partial charge in [0.15, 0.2) is 18.1 Å². The molecule has 4 atom stereocenters. The van der Waals surface area contributed by atoms with Crippen LogP contribution in [0.4, 0.5) is 5.69 Å². The molecule has 2 unspecified atom stereocenters. The molecule has 1 N–H and O–H groups in total. The van der Waals surface area contributed by atoms with E-state index in [1.54, 1.807) is 18.2 Å². The Labute approximate surface area is 162 Å². The van der Waals surface area contributed by atoms with Gasteiger partial charge in [-0.05, 0) is 62.5 Å². The molecule has 5 aliphatic rings. The van der Waals surface area contributed by atoms with Crippen molar-refractivity contribution in [2.75, 3.05) is 18.7 Å². The molecule has 4 aliphatic carbocycles. The van der Waals surface area contributed by atoms with Gasteiger partial charge < -0.3 is 19.5 Å². The van der Waals surface area contributed by atoms with E-state index < -0.39 is 5.41 Å². The zero-order valence-corrected chi connectivity index (χ0v) is 15.7. The maximum absolute atomic E-state index is 12.9. The van der Waals surface area contributed by atoms with E-state index in [-0.39, 0.29) is 30.2 Å². The lowest BCUT2D eigenvalue weighted by Crippen LogP contribution is -2.56. The molecule has 1 amide bonds. The second kappa shape index (κ2) is 6.03. The van der Waals surface area contributed by atoms with Crippen LogP contribution in [0.25, 0.3) is 0 Å². The number of carbonyl (C=O) groups excluding carboxylic acids is 2. The van der Waals surface area contributed by atoms with Crippen LogP contribution in [0.3, 0.4) is 0 Å². The van der Waals surface area contributed by atoms with Crippen molar-refractivity contribution in [3.8, 4) is 11.5 Å². The minimum absolute atomic E-state index is 0.177. The van der Waals surface area contributed by atoms with Gasteiger partial charge >= 0.3 is 5.97 Å². The van der Waals surface area contributed by atoms with Gasteiger partial charge in [-0.25, -0.2) is 0 Å². The summed E-state index contributed by atoms with van der Waals surface area (Å²) >= 11 is 6.77. The molecule has 1 aromatic rings. The van der Waals surface area contributed by atoms with Crippen molar-refractivity contribution >= 4 is 29.2 Å². The Balaban J connectivity index is 1.20. The Morgan fingerprint density at radius 2 is 1.89 bits per heavy atom. The van der Waals surface area contributed by atoms with Gasteiger partial charge in [-0.3, -0.25) is 9.59 Å². The third-order valence-electron chi connectivity index (χ3n) is 6.41. The number of alkyl halides is 1. The first-order chi connectivity index (χ1) is 12.9. The number of amides is 1. The van der Waals surface area contributed by atoms with Gasteiger partial charge in [0.25, 0.3) is 5.91 Å². The van der Waals surface area contributed by atoms with Crippen LogP contribution in [0.2, 0.25) is 0 Å². The smallest absolute Gasteiger partial charge is 0.312 e. The van der Waals surface area contributed by atoms with Crippen molar-refractivity contribution in [2.45, 2.75) is 43.4 Å². The van der Waals surface area contributed by atoms with Gasteiger partial charge in [-0.2, -0.15) is 0 Å². The van der Waals surface area contributed by atoms with Crippen molar-refractivity contribution < 1.29 is 23.8 Å². The molecule has 144 valence electrons. The lowest BCUT2D eigenvalue weighted by Gasteiger charge is -2.58. The molecular formula is C20H22ClNO5. The molecule has 6 nitrogen and oxygen atoms in total. The molecular weight excluding hydrogens is 370 g/mol. The van der Waals surface area contributed by atoms with Gasteiger partial charge in [0, 0.05) is 16.6 Å². The maximum atomic E-state index is 12.9. The first-order valence-corrected chi connectivity index (χ1v) is 9.87. The molecule has 4 fully saturated rings. The second-order valence-electron chi connectivity index (χ2n) is 8.58. The summed E-state index contributed by atoms with van der Waals surface area (Å²) < 4.78 is 16.0. The number of nitrogens with one attached hydrogen (secondary N) is 1. The Bertz CT molecular complexity index is 796. The summed E-state index contributed by atoms with van der Waals surface area (Å²) in [5, 5.41) is 2.73. The van der Waals surface area contributed by atoms with E-state index in [4.69, 9.17) is 25.8 Å². The summed E-state index contributed by atoms with van der Waals surface area (Å²) in [4.78, 5) is 24.8. The Morgan fingerprint density at radius 1 is 1.15 bits per heavy atom. The van der Waals surface area contributed by atoms with Gasteiger partial charge in [0.1, 0.15) is 0 Å². The molecule has 0 radical (unpaired) electrons. The Kier molecular flexibility index (Phi) is 3.83. The van der Waals surface area contributed by atoms with Gasteiger partial charge in [0.05, 0.1) is 5.41 Å². The average Bonchev–Trinajstić information content (AvgIpc) is 3.05. The van der Waals surface area contributed by atoms with Crippen molar-refractivity contribution in [1.29, 1.82) is 0 Å². The van der Waals surface area contributed by atoms with E-state index in [1.165, 1.54) is 6.42 Å². The van der Waals surface area contributed by atoms with Crippen molar-refractivity contribution in [1.82, 2.24) is 0 Å². The van der Waals surface area contributed by atoms with E-state index in [9.17, 15) is 9.59 Å². The van der Waals surface area contributed by atoms with E-state index in [0.717, 1.165) is 25.7 Å². The summed E-state index contributed by atoms with van der Waals surface area (Å²) in [5.74, 6) is 1.63. The third kappa shape index (κ3) is 3.04. The Morgan fingerprint density at radius 3 is 2.63 bits per heavy atom. The molecule has 1 aliphatic heterocycles. The van der Waals surface area contributed by atoms with E-state index >= 15 is 0 Å². The van der Waals surface area contributed by atoms with Crippen LogP contribution in [0, 0.1) is 17.3 Å². The predicted octanol–water partition coefficient (Wildman–Crippen LogP) is 3.47. The van der Waals surface area contributed by atoms with Crippen LogP contribution in [-0.4, -0.2) is 30.2 Å². The Hall–Kier alpha value is -1.95. The van der Waals surface area contributed by atoms with Crippen LogP contribution in [-0.2, 0) is 14.3 Å². The number of halogens is 1. The topological polar surface area (TPSA) is 73.9 Å². The number of hydrogen-bond donors (Lipinski definition) is 1. The molecule has 1 aromatic carbocycles. The number of rotatable bonds is 4. The summed E-state index contributed by atoms with van der Waals surface area (Å²) in [5.41, 5.74) is 0.0834. The van der Waals surface area contributed by atoms with Crippen LogP contribution in [0.5, 0.6) is 11.5 Å². The van der Waals surface area contributed by atoms with E-state index in [1.807, 2.05) is 0 Å². The zero-order valence-electron chi connectivity index (χ0n) is 15.0. The second-order valence-corrected chi connectivity index (χ2v) is 9.39. The third-order valence-corrected chi connectivity index (χ3v) is 6.86. The summed E-state index contributed by atoms with van der Waals surface area (Å²) in [7, 11) is 0. The number of ether oxygens (including phenoxy) is 3. The van der Waals surface area contributed by atoms with Gasteiger partial charge in [-0.1, -0.05) is 0 Å². The number of benzene rings is 1.